The SMILES string of the molecule is OCc1cncn1C1CC1c1ccccc1. The van der Waals surface area contributed by atoms with E-state index in [0.29, 0.717) is 12.0 Å². The van der Waals surface area contributed by atoms with Crippen LogP contribution in [0.2, 0.25) is 0 Å². The number of hydrogen-bond acceptors (Lipinski definition) is 2. The van der Waals surface area contributed by atoms with Gasteiger partial charge < -0.3 is 9.67 Å². The molecule has 82 valence electrons. The quantitative estimate of drug-likeness (QED) is 0.849. The van der Waals surface area contributed by atoms with E-state index in [1.54, 1.807) is 6.20 Å². The second-order valence-electron chi connectivity index (χ2n) is 4.27. The van der Waals surface area contributed by atoms with Crippen molar-refractivity contribution in [2.75, 3.05) is 0 Å². The minimum Gasteiger partial charge on any atom is -0.390 e. The van der Waals surface area contributed by atoms with Crippen molar-refractivity contribution in [3.05, 3.63) is 54.1 Å². The van der Waals surface area contributed by atoms with E-state index in [2.05, 4.69) is 33.8 Å². The van der Waals surface area contributed by atoms with Gasteiger partial charge in [-0.25, -0.2) is 4.98 Å². The van der Waals surface area contributed by atoms with Gasteiger partial charge in [0.15, 0.2) is 0 Å². The molecule has 0 saturated heterocycles. The summed E-state index contributed by atoms with van der Waals surface area (Å²) in [4.78, 5) is 4.09. The van der Waals surface area contributed by atoms with Crippen LogP contribution in [0.1, 0.15) is 29.6 Å². The summed E-state index contributed by atoms with van der Waals surface area (Å²) in [7, 11) is 0. The summed E-state index contributed by atoms with van der Waals surface area (Å²) in [6.45, 7) is 0.0675. The largest absolute Gasteiger partial charge is 0.390 e. The molecule has 0 radical (unpaired) electrons. The van der Waals surface area contributed by atoms with E-state index < -0.39 is 0 Å². The Morgan fingerprint density at radius 2 is 2.12 bits per heavy atom. The minimum absolute atomic E-state index is 0.0675. The molecule has 0 spiro atoms. The first-order chi connectivity index (χ1) is 7.90. The monoisotopic (exact) mass is 214 g/mol. The Kier molecular flexibility index (Phi) is 2.26. The van der Waals surface area contributed by atoms with Gasteiger partial charge in [-0.05, 0) is 12.0 Å². The lowest BCUT2D eigenvalue weighted by molar-refractivity contribution is 0.270. The maximum Gasteiger partial charge on any atom is 0.0951 e. The Balaban J connectivity index is 1.82. The van der Waals surface area contributed by atoms with Crippen LogP contribution in [0, 0.1) is 0 Å². The van der Waals surface area contributed by atoms with Crippen molar-refractivity contribution < 1.29 is 5.11 Å². The summed E-state index contributed by atoms with van der Waals surface area (Å²) in [5.41, 5.74) is 2.29. The molecule has 3 heteroatoms. The fraction of sp³-hybridized carbons (Fsp3) is 0.308. The molecule has 1 aliphatic carbocycles. The van der Waals surface area contributed by atoms with Crippen LogP contribution in [0.3, 0.4) is 0 Å². The zero-order valence-corrected chi connectivity index (χ0v) is 8.95. The van der Waals surface area contributed by atoms with Gasteiger partial charge in [0.2, 0.25) is 0 Å². The minimum atomic E-state index is 0.0675. The van der Waals surface area contributed by atoms with Gasteiger partial charge in [-0.1, -0.05) is 30.3 Å². The molecule has 1 aromatic heterocycles. The van der Waals surface area contributed by atoms with Crippen LogP contribution < -0.4 is 0 Å². The molecular formula is C13H14N2O. The molecule has 2 aromatic rings. The predicted molar refractivity (Wildman–Crippen MR) is 61.0 cm³/mol. The first-order valence-corrected chi connectivity index (χ1v) is 5.56. The molecule has 0 bridgehead atoms. The number of hydrogen-bond donors (Lipinski definition) is 1. The Morgan fingerprint density at radius 3 is 2.88 bits per heavy atom. The first kappa shape index (κ1) is 9.60. The fourth-order valence-corrected chi connectivity index (χ4v) is 2.30. The lowest BCUT2D eigenvalue weighted by atomic mass is 10.1. The summed E-state index contributed by atoms with van der Waals surface area (Å²) in [5.74, 6) is 0.584. The highest BCUT2D eigenvalue weighted by atomic mass is 16.3. The van der Waals surface area contributed by atoms with Gasteiger partial charge in [-0.15, -0.1) is 0 Å². The van der Waals surface area contributed by atoms with Crippen LogP contribution >= 0.6 is 0 Å². The summed E-state index contributed by atoms with van der Waals surface area (Å²) in [5, 5.41) is 9.18. The Labute approximate surface area is 94.4 Å². The third kappa shape index (κ3) is 1.53. The smallest absolute Gasteiger partial charge is 0.0951 e. The van der Waals surface area contributed by atoms with Crippen LogP contribution in [0.4, 0.5) is 0 Å². The van der Waals surface area contributed by atoms with Crippen molar-refractivity contribution in [1.29, 1.82) is 0 Å². The highest BCUT2D eigenvalue weighted by Crippen LogP contribution is 2.51. The van der Waals surface area contributed by atoms with Crippen LogP contribution in [0.5, 0.6) is 0 Å². The van der Waals surface area contributed by atoms with Crippen LogP contribution in [0.25, 0.3) is 0 Å². The highest BCUT2D eigenvalue weighted by molar-refractivity contribution is 5.27. The fourth-order valence-electron chi connectivity index (χ4n) is 2.30. The molecule has 16 heavy (non-hydrogen) atoms. The molecule has 1 heterocycles. The van der Waals surface area contributed by atoms with Crippen molar-refractivity contribution in [3.63, 3.8) is 0 Å². The predicted octanol–water partition coefficient (Wildman–Crippen LogP) is 2.10. The topological polar surface area (TPSA) is 38.1 Å². The Bertz CT molecular complexity index is 478. The maximum absolute atomic E-state index is 9.18. The van der Waals surface area contributed by atoms with Gasteiger partial charge in [-0.2, -0.15) is 0 Å². The van der Waals surface area contributed by atoms with Gasteiger partial charge in [0.1, 0.15) is 0 Å². The maximum atomic E-state index is 9.18. The zero-order valence-electron chi connectivity index (χ0n) is 8.95. The lowest BCUT2D eigenvalue weighted by Crippen LogP contribution is -2.00. The number of aromatic nitrogens is 2. The van der Waals surface area contributed by atoms with E-state index >= 15 is 0 Å². The van der Waals surface area contributed by atoms with E-state index in [1.165, 1.54) is 5.56 Å². The van der Waals surface area contributed by atoms with E-state index in [0.717, 1.165) is 12.1 Å². The Morgan fingerprint density at radius 1 is 1.31 bits per heavy atom. The molecule has 1 saturated carbocycles. The third-order valence-electron chi connectivity index (χ3n) is 3.25. The van der Waals surface area contributed by atoms with Crippen molar-refractivity contribution in [2.24, 2.45) is 0 Å². The summed E-state index contributed by atoms with van der Waals surface area (Å²) < 4.78 is 2.09. The molecule has 3 nitrogen and oxygen atoms in total. The summed E-state index contributed by atoms with van der Waals surface area (Å²) in [6, 6.07) is 11.0. The molecule has 1 aliphatic rings. The van der Waals surface area contributed by atoms with Crippen LogP contribution in [-0.4, -0.2) is 14.7 Å². The average molecular weight is 214 g/mol. The molecule has 2 unspecified atom stereocenters. The van der Waals surface area contributed by atoms with E-state index in [1.807, 2.05) is 12.4 Å². The number of nitrogens with zero attached hydrogens (tertiary/aromatic N) is 2. The van der Waals surface area contributed by atoms with Crippen molar-refractivity contribution in [2.45, 2.75) is 25.0 Å². The number of benzene rings is 1. The Hall–Kier alpha value is -1.61. The normalized spacial score (nSPS) is 23.3. The van der Waals surface area contributed by atoms with Crippen LogP contribution in [0.15, 0.2) is 42.9 Å². The molecule has 2 atom stereocenters. The molecule has 1 N–H and O–H groups in total. The molecule has 1 fully saturated rings. The van der Waals surface area contributed by atoms with Gasteiger partial charge in [-0.3, -0.25) is 0 Å². The van der Waals surface area contributed by atoms with E-state index in [4.69, 9.17) is 0 Å². The van der Waals surface area contributed by atoms with Gasteiger partial charge >= 0.3 is 0 Å². The molecule has 1 aromatic carbocycles. The van der Waals surface area contributed by atoms with E-state index in [9.17, 15) is 5.11 Å². The van der Waals surface area contributed by atoms with Crippen LogP contribution in [-0.2, 0) is 6.61 Å². The third-order valence-corrected chi connectivity index (χ3v) is 3.25. The first-order valence-electron chi connectivity index (χ1n) is 5.56. The molecular weight excluding hydrogens is 200 g/mol. The number of rotatable bonds is 3. The number of imidazole rings is 1. The number of aliphatic hydroxyl groups excluding tert-OH is 1. The molecule has 3 rings (SSSR count). The summed E-state index contributed by atoms with van der Waals surface area (Å²) >= 11 is 0. The molecule has 0 amide bonds. The average Bonchev–Trinajstić information content (AvgIpc) is 3.00. The summed E-state index contributed by atoms with van der Waals surface area (Å²) in [6.07, 6.45) is 4.70. The second kappa shape index (κ2) is 3.76. The van der Waals surface area contributed by atoms with Crippen molar-refractivity contribution in [1.82, 2.24) is 9.55 Å². The highest BCUT2D eigenvalue weighted by Gasteiger charge is 2.40. The van der Waals surface area contributed by atoms with E-state index in [-0.39, 0.29) is 6.61 Å². The zero-order chi connectivity index (χ0) is 11.0. The number of aliphatic hydroxyl groups is 1. The lowest BCUT2D eigenvalue weighted by Gasteiger charge is -2.05. The van der Waals surface area contributed by atoms with Gasteiger partial charge in [0, 0.05) is 12.0 Å². The van der Waals surface area contributed by atoms with Gasteiger partial charge in [0.05, 0.1) is 24.8 Å². The molecule has 0 aliphatic heterocycles. The van der Waals surface area contributed by atoms with Crippen molar-refractivity contribution >= 4 is 0 Å². The van der Waals surface area contributed by atoms with Crippen molar-refractivity contribution in [3.8, 4) is 0 Å². The standard InChI is InChI=1S/C13H14N2O/c16-8-11-7-14-9-15(11)13-6-12(13)10-4-2-1-3-5-10/h1-5,7,9,12-13,16H,6,8H2. The second-order valence-corrected chi connectivity index (χ2v) is 4.27. The van der Waals surface area contributed by atoms with Gasteiger partial charge in [0.25, 0.3) is 0 Å².